The molecule has 1 fully saturated rings. The van der Waals surface area contributed by atoms with E-state index in [-0.39, 0.29) is 42.5 Å². The van der Waals surface area contributed by atoms with Crippen molar-refractivity contribution < 1.29 is 14.3 Å². The third-order valence-electron chi connectivity index (χ3n) is 4.26. The molecule has 1 aliphatic carbocycles. The first kappa shape index (κ1) is 16.8. The molecule has 118 valence electrons. The number of carbonyl (C=O) groups excluding carboxylic acids is 2. The maximum Gasteiger partial charge on any atom is 0.306 e. The monoisotopic (exact) mass is 332 g/mol. The van der Waals surface area contributed by atoms with Crippen molar-refractivity contribution in [1.29, 1.82) is 0 Å². The molecule has 0 spiro atoms. The molecule has 0 aromatic carbocycles. The number of halogens is 2. The van der Waals surface area contributed by atoms with Crippen LogP contribution in [0.4, 0.5) is 0 Å². The molecule has 5 heteroatoms. The van der Waals surface area contributed by atoms with Gasteiger partial charge in [0.25, 0.3) is 0 Å². The van der Waals surface area contributed by atoms with E-state index in [4.69, 9.17) is 27.9 Å². The van der Waals surface area contributed by atoms with E-state index >= 15 is 0 Å². The highest BCUT2D eigenvalue weighted by atomic mass is 35.5. The minimum absolute atomic E-state index is 0.0664. The van der Waals surface area contributed by atoms with Gasteiger partial charge in [-0.15, -0.1) is 23.2 Å². The van der Waals surface area contributed by atoms with Crippen LogP contribution in [0.25, 0.3) is 0 Å². The summed E-state index contributed by atoms with van der Waals surface area (Å²) in [4.78, 5) is 24.1. The second kappa shape index (κ2) is 7.15. The lowest BCUT2D eigenvalue weighted by Gasteiger charge is -2.15. The number of esters is 1. The minimum atomic E-state index is -0.832. The number of fused-ring (bicyclic) bond motifs is 1. The number of rotatable bonds is 0. The number of carbonyl (C=O) groups is 2. The van der Waals surface area contributed by atoms with Crippen molar-refractivity contribution in [1.82, 2.24) is 0 Å². The molecule has 0 N–H and O–H groups in total. The number of alkyl halides is 2. The first-order valence-electron chi connectivity index (χ1n) is 7.64. The van der Waals surface area contributed by atoms with Gasteiger partial charge in [0.2, 0.25) is 0 Å². The van der Waals surface area contributed by atoms with Crippen LogP contribution in [-0.2, 0) is 14.3 Å². The van der Waals surface area contributed by atoms with Crippen LogP contribution in [-0.4, -0.2) is 22.2 Å². The summed E-state index contributed by atoms with van der Waals surface area (Å²) in [7, 11) is 0. The second-order valence-corrected chi connectivity index (χ2v) is 7.80. The normalized spacial score (nSPS) is 35.9. The smallest absolute Gasteiger partial charge is 0.306 e. The zero-order valence-electron chi connectivity index (χ0n) is 12.3. The van der Waals surface area contributed by atoms with Gasteiger partial charge in [-0.2, -0.15) is 0 Å². The molecule has 3 atom stereocenters. The fourth-order valence-corrected chi connectivity index (χ4v) is 3.83. The predicted molar refractivity (Wildman–Crippen MR) is 83.4 cm³/mol. The first-order valence-corrected chi connectivity index (χ1v) is 8.40. The van der Waals surface area contributed by atoms with Gasteiger partial charge in [-0.3, -0.25) is 9.59 Å². The average Bonchev–Trinajstić information content (AvgIpc) is 2.70. The Kier molecular flexibility index (Phi) is 5.73. The van der Waals surface area contributed by atoms with E-state index in [9.17, 15) is 9.59 Å². The number of allylic oxidation sites excluding steroid dienone is 2. The third-order valence-corrected chi connectivity index (χ3v) is 4.87. The van der Waals surface area contributed by atoms with Gasteiger partial charge >= 0.3 is 5.97 Å². The van der Waals surface area contributed by atoms with E-state index in [0.717, 1.165) is 19.3 Å². The highest BCUT2D eigenvalue weighted by Gasteiger charge is 2.44. The highest BCUT2D eigenvalue weighted by Crippen LogP contribution is 2.48. The SMILES string of the molecule is C[C@H]1CCC/C=C/[C@H]2CC(Cl)(Cl)C[C@H]2C(=O)CCC(=O)O1. The standard InChI is InChI=1S/C16H22Cl2O3/c1-11-5-3-2-4-6-12-9-16(17,18)10-13(12)14(19)7-8-15(20)21-11/h4,6,11-13H,2-3,5,7-10H2,1H3/b6-4+/t11-,12-,13+/m0/s1. The van der Waals surface area contributed by atoms with Crippen molar-refractivity contribution in [3.63, 3.8) is 0 Å². The third kappa shape index (κ3) is 5.00. The number of ketones is 1. The number of cyclic esters (lactones) is 1. The van der Waals surface area contributed by atoms with E-state index < -0.39 is 4.33 Å². The van der Waals surface area contributed by atoms with Crippen molar-refractivity contribution in [3.8, 4) is 0 Å². The zero-order chi connectivity index (χ0) is 15.5. The Labute approximate surface area is 136 Å². The second-order valence-electron chi connectivity index (χ2n) is 6.16. The van der Waals surface area contributed by atoms with E-state index in [2.05, 4.69) is 12.2 Å². The van der Waals surface area contributed by atoms with Crippen molar-refractivity contribution >= 4 is 35.0 Å². The molecule has 1 aliphatic heterocycles. The molecule has 0 aromatic heterocycles. The molecule has 1 heterocycles. The number of Topliss-reactive ketones (excluding diaryl/α,β-unsaturated/α-hetero) is 1. The van der Waals surface area contributed by atoms with Gasteiger partial charge in [-0.05, 0) is 44.9 Å². The Hall–Kier alpha value is -0.540. The molecule has 0 bridgehead atoms. The molecule has 2 aliphatic rings. The van der Waals surface area contributed by atoms with Crippen molar-refractivity contribution in [2.24, 2.45) is 11.8 Å². The van der Waals surface area contributed by atoms with Gasteiger partial charge in [-0.25, -0.2) is 0 Å². The summed E-state index contributed by atoms with van der Waals surface area (Å²) in [6, 6.07) is 0. The van der Waals surface area contributed by atoms with Crippen molar-refractivity contribution in [3.05, 3.63) is 12.2 Å². The van der Waals surface area contributed by atoms with E-state index in [1.54, 1.807) is 0 Å². The van der Waals surface area contributed by atoms with Crippen LogP contribution in [0.3, 0.4) is 0 Å². The number of hydrogen-bond acceptors (Lipinski definition) is 3. The lowest BCUT2D eigenvalue weighted by Crippen LogP contribution is -2.20. The lowest BCUT2D eigenvalue weighted by atomic mass is 9.89. The predicted octanol–water partition coefficient (Wildman–Crippen LogP) is 4.21. The molecular weight excluding hydrogens is 311 g/mol. The highest BCUT2D eigenvalue weighted by molar-refractivity contribution is 6.48. The molecule has 3 nitrogen and oxygen atoms in total. The molecule has 21 heavy (non-hydrogen) atoms. The van der Waals surface area contributed by atoms with Gasteiger partial charge in [0, 0.05) is 12.3 Å². The van der Waals surface area contributed by atoms with Crippen LogP contribution in [0.5, 0.6) is 0 Å². The summed E-state index contributed by atoms with van der Waals surface area (Å²) >= 11 is 12.4. The molecular formula is C16H22Cl2O3. The van der Waals surface area contributed by atoms with E-state index in [0.29, 0.717) is 12.8 Å². The Balaban J connectivity index is 2.09. The molecule has 0 saturated heterocycles. The number of hydrogen-bond donors (Lipinski definition) is 0. The van der Waals surface area contributed by atoms with Crippen LogP contribution < -0.4 is 0 Å². The minimum Gasteiger partial charge on any atom is -0.463 e. The van der Waals surface area contributed by atoms with Crippen molar-refractivity contribution in [2.75, 3.05) is 0 Å². The average molecular weight is 333 g/mol. The Morgan fingerprint density at radius 1 is 1.24 bits per heavy atom. The molecule has 0 amide bonds. The summed E-state index contributed by atoms with van der Waals surface area (Å²) < 4.78 is 4.47. The maximum atomic E-state index is 12.4. The van der Waals surface area contributed by atoms with Crippen LogP contribution >= 0.6 is 23.2 Å². The zero-order valence-corrected chi connectivity index (χ0v) is 13.8. The summed E-state index contributed by atoms with van der Waals surface area (Å²) in [5.41, 5.74) is 0. The van der Waals surface area contributed by atoms with Crippen LogP contribution in [0.2, 0.25) is 0 Å². The molecule has 2 rings (SSSR count). The van der Waals surface area contributed by atoms with Crippen LogP contribution in [0.1, 0.15) is 51.9 Å². The van der Waals surface area contributed by atoms with E-state index in [1.165, 1.54) is 0 Å². The quantitative estimate of drug-likeness (QED) is 0.379. The fourth-order valence-electron chi connectivity index (χ4n) is 3.15. The summed E-state index contributed by atoms with van der Waals surface area (Å²) in [5, 5.41) is 0. The van der Waals surface area contributed by atoms with E-state index in [1.807, 2.05) is 6.92 Å². The molecule has 0 aromatic rings. The van der Waals surface area contributed by atoms with Crippen molar-refractivity contribution in [2.45, 2.75) is 62.3 Å². The Bertz CT molecular complexity index is 431. The Morgan fingerprint density at radius 2 is 2.00 bits per heavy atom. The Morgan fingerprint density at radius 3 is 2.76 bits per heavy atom. The van der Waals surface area contributed by atoms with Gasteiger partial charge in [-0.1, -0.05) is 12.2 Å². The molecule has 1 saturated carbocycles. The first-order chi connectivity index (χ1) is 9.87. The van der Waals surface area contributed by atoms with Gasteiger partial charge < -0.3 is 4.74 Å². The summed E-state index contributed by atoms with van der Waals surface area (Å²) in [6.07, 6.45) is 8.25. The van der Waals surface area contributed by atoms with Crippen LogP contribution in [0, 0.1) is 11.8 Å². The molecule has 0 radical (unpaired) electrons. The summed E-state index contributed by atoms with van der Waals surface area (Å²) in [6.45, 7) is 1.90. The molecule has 0 unspecified atom stereocenters. The number of ether oxygens (including phenoxy) is 1. The van der Waals surface area contributed by atoms with Gasteiger partial charge in [0.15, 0.2) is 0 Å². The fraction of sp³-hybridized carbons (Fsp3) is 0.750. The maximum absolute atomic E-state index is 12.4. The van der Waals surface area contributed by atoms with Gasteiger partial charge in [0.05, 0.1) is 12.5 Å². The topological polar surface area (TPSA) is 43.4 Å². The lowest BCUT2D eigenvalue weighted by molar-refractivity contribution is -0.149. The largest absolute Gasteiger partial charge is 0.463 e. The van der Waals surface area contributed by atoms with Crippen LogP contribution in [0.15, 0.2) is 12.2 Å². The van der Waals surface area contributed by atoms with Gasteiger partial charge in [0.1, 0.15) is 10.1 Å². The summed E-state index contributed by atoms with van der Waals surface area (Å²) in [5.74, 6) is -0.318.